The topological polar surface area (TPSA) is 109 Å². The van der Waals surface area contributed by atoms with Gasteiger partial charge in [0.05, 0.1) is 0 Å². The highest BCUT2D eigenvalue weighted by Gasteiger charge is 2.15. The van der Waals surface area contributed by atoms with Crippen molar-refractivity contribution in [3.8, 4) is 22.9 Å². The number of aromatic amines is 1. The van der Waals surface area contributed by atoms with Crippen LogP contribution in [0.1, 0.15) is 12.1 Å². The molecule has 9 heteroatoms. The van der Waals surface area contributed by atoms with E-state index in [0.717, 1.165) is 6.54 Å². The molecular weight excluding hydrogens is 338 g/mol. The molecule has 1 aromatic heterocycles. The van der Waals surface area contributed by atoms with Crippen molar-refractivity contribution < 1.29 is 14.3 Å². The van der Waals surface area contributed by atoms with E-state index in [1.165, 1.54) is 0 Å². The van der Waals surface area contributed by atoms with Crippen LogP contribution in [0.15, 0.2) is 23.0 Å². The maximum absolute atomic E-state index is 12.2. The summed E-state index contributed by atoms with van der Waals surface area (Å²) >= 11 is 0. The lowest BCUT2D eigenvalue weighted by molar-refractivity contribution is -0.121. The van der Waals surface area contributed by atoms with Crippen molar-refractivity contribution in [2.24, 2.45) is 0 Å². The summed E-state index contributed by atoms with van der Waals surface area (Å²) < 4.78 is 10.6. The number of H-pyrrole nitrogens is 1. The number of carbonyl (C=O) groups excluding carboxylic acids is 1. The first-order chi connectivity index (χ1) is 12.5. The van der Waals surface area contributed by atoms with Crippen LogP contribution in [0.5, 0.6) is 11.5 Å². The van der Waals surface area contributed by atoms with E-state index in [0.29, 0.717) is 29.4 Å². The highest BCUT2D eigenvalue weighted by atomic mass is 16.7. The van der Waals surface area contributed by atoms with Crippen LogP contribution in [0.25, 0.3) is 11.4 Å². The Morgan fingerprint density at radius 3 is 2.85 bits per heavy atom. The van der Waals surface area contributed by atoms with Crippen LogP contribution >= 0.6 is 0 Å². The highest BCUT2D eigenvalue weighted by Crippen LogP contribution is 2.34. The van der Waals surface area contributed by atoms with Gasteiger partial charge < -0.3 is 24.7 Å². The third-order valence-corrected chi connectivity index (χ3v) is 3.88. The van der Waals surface area contributed by atoms with E-state index >= 15 is 0 Å². The SMILES string of the molecule is CN(C)CCNC(=O)CCc1nnc(-c2ccc3c(c2)OCO3)[nH]c1=O. The number of aromatic nitrogens is 3. The zero-order chi connectivity index (χ0) is 18.5. The number of fused-ring (bicyclic) bond motifs is 1. The summed E-state index contributed by atoms with van der Waals surface area (Å²) in [5.74, 6) is 1.48. The number of nitrogens with zero attached hydrogens (tertiary/aromatic N) is 3. The smallest absolute Gasteiger partial charge is 0.273 e. The number of nitrogens with one attached hydrogen (secondary N) is 2. The molecule has 2 aromatic rings. The zero-order valence-electron chi connectivity index (χ0n) is 14.7. The molecule has 0 fully saturated rings. The lowest BCUT2D eigenvalue weighted by atomic mass is 10.2. The molecule has 0 atom stereocenters. The van der Waals surface area contributed by atoms with Gasteiger partial charge in [-0.05, 0) is 32.3 Å². The van der Waals surface area contributed by atoms with Gasteiger partial charge in [-0.3, -0.25) is 9.59 Å². The molecule has 3 rings (SSSR count). The Morgan fingerprint density at radius 1 is 1.27 bits per heavy atom. The van der Waals surface area contributed by atoms with Crippen LogP contribution in [0.3, 0.4) is 0 Å². The summed E-state index contributed by atoms with van der Waals surface area (Å²) in [5.41, 5.74) is 0.554. The molecule has 26 heavy (non-hydrogen) atoms. The van der Waals surface area contributed by atoms with Gasteiger partial charge in [0.1, 0.15) is 5.69 Å². The normalized spacial score (nSPS) is 12.4. The predicted molar refractivity (Wildman–Crippen MR) is 94.1 cm³/mol. The number of benzene rings is 1. The Balaban J connectivity index is 1.61. The molecule has 2 heterocycles. The monoisotopic (exact) mass is 359 g/mol. The van der Waals surface area contributed by atoms with E-state index in [-0.39, 0.29) is 36.8 Å². The van der Waals surface area contributed by atoms with Crippen LogP contribution < -0.4 is 20.3 Å². The Kier molecular flexibility index (Phi) is 5.47. The van der Waals surface area contributed by atoms with E-state index in [2.05, 4.69) is 20.5 Å². The third kappa shape index (κ3) is 4.37. The van der Waals surface area contributed by atoms with Crippen molar-refractivity contribution in [3.05, 3.63) is 34.2 Å². The van der Waals surface area contributed by atoms with Crippen LogP contribution in [0, 0.1) is 0 Å². The fourth-order valence-electron chi connectivity index (χ4n) is 2.44. The summed E-state index contributed by atoms with van der Waals surface area (Å²) in [4.78, 5) is 28.7. The number of rotatable bonds is 7. The summed E-state index contributed by atoms with van der Waals surface area (Å²) in [6.45, 7) is 1.50. The van der Waals surface area contributed by atoms with Gasteiger partial charge in [-0.2, -0.15) is 0 Å². The second-order valence-corrected chi connectivity index (χ2v) is 6.17. The number of amides is 1. The molecule has 1 aromatic carbocycles. The quantitative estimate of drug-likeness (QED) is 0.725. The molecular formula is C17H21N5O4. The average molecular weight is 359 g/mol. The number of hydrogen-bond acceptors (Lipinski definition) is 7. The molecule has 9 nitrogen and oxygen atoms in total. The molecule has 1 aliphatic heterocycles. The van der Waals surface area contributed by atoms with Crippen LogP contribution in [0.4, 0.5) is 0 Å². The Labute approximate surface area is 150 Å². The molecule has 0 bridgehead atoms. The molecule has 0 saturated carbocycles. The second-order valence-electron chi connectivity index (χ2n) is 6.17. The van der Waals surface area contributed by atoms with Crippen molar-refractivity contribution >= 4 is 5.91 Å². The van der Waals surface area contributed by atoms with Crippen LogP contribution in [-0.2, 0) is 11.2 Å². The van der Waals surface area contributed by atoms with Gasteiger partial charge in [-0.1, -0.05) is 0 Å². The molecule has 2 N–H and O–H groups in total. The van der Waals surface area contributed by atoms with Crippen molar-refractivity contribution in [2.45, 2.75) is 12.8 Å². The number of ether oxygens (including phenoxy) is 2. The van der Waals surface area contributed by atoms with Gasteiger partial charge in [0.25, 0.3) is 5.56 Å². The van der Waals surface area contributed by atoms with Gasteiger partial charge in [-0.15, -0.1) is 10.2 Å². The molecule has 0 saturated heterocycles. The number of carbonyl (C=O) groups is 1. The third-order valence-electron chi connectivity index (χ3n) is 3.88. The molecule has 0 spiro atoms. The van der Waals surface area contributed by atoms with Crippen molar-refractivity contribution in [3.63, 3.8) is 0 Å². The molecule has 0 unspecified atom stereocenters. The van der Waals surface area contributed by atoms with E-state index in [9.17, 15) is 9.59 Å². The highest BCUT2D eigenvalue weighted by molar-refractivity contribution is 5.76. The van der Waals surface area contributed by atoms with Gasteiger partial charge in [0, 0.05) is 31.5 Å². The number of hydrogen-bond donors (Lipinski definition) is 2. The first kappa shape index (κ1) is 17.9. The fourth-order valence-corrected chi connectivity index (χ4v) is 2.44. The van der Waals surface area contributed by atoms with E-state index < -0.39 is 0 Å². The number of likely N-dealkylation sites (N-methyl/N-ethyl adjacent to an activating group) is 1. The zero-order valence-corrected chi connectivity index (χ0v) is 14.7. The Hall–Kier alpha value is -2.94. The Morgan fingerprint density at radius 2 is 2.08 bits per heavy atom. The standard InChI is InChI=1S/C17H21N5O4/c1-22(2)8-7-18-15(23)6-4-12-17(24)19-16(21-20-12)11-3-5-13-14(9-11)26-10-25-13/h3,5,9H,4,6-8,10H2,1-2H3,(H,18,23)(H,19,21,24). The summed E-state index contributed by atoms with van der Waals surface area (Å²) in [6.07, 6.45) is 0.423. The van der Waals surface area contributed by atoms with Gasteiger partial charge in [-0.25, -0.2) is 0 Å². The van der Waals surface area contributed by atoms with Gasteiger partial charge in [0.15, 0.2) is 17.3 Å². The molecule has 0 radical (unpaired) electrons. The lowest BCUT2D eigenvalue weighted by Gasteiger charge is -2.10. The van der Waals surface area contributed by atoms with Crippen molar-refractivity contribution in [2.75, 3.05) is 34.0 Å². The van der Waals surface area contributed by atoms with E-state index in [1.54, 1.807) is 18.2 Å². The van der Waals surface area contributed by atoms with Crippen molar-refractivity contribution in [1.82, 2.24) is 25.4 Å². The summed E-state index contributed by atoms with van der Waals surface area (Å²) in [6, 6.07) is 5.26. The molecule has 1 aliphatic rings. The van der Waals surface area contributed by atoms with Crippen LogP contribution in [-0.4, -0.2) is 60.0 Å². The Bertz CT molecular complexity index is 849. The summed E-state index contributed by atoms with van der Waals surface area (Å²) in [5, 5.41) is 10.8. The average Bonchev–Trinajstić information content (AvgIpc) is 3.08. The first-order valence-electron chi connectivity index (χ1n) is 8.30. The predicted octanol–water partition coefficient (Wildman–Crippen LogP) is 0.171. The minimum Gasteiger partial charge on any atom is -0.454 e. The van der Waals surface area contributed by atoms with E-state index in [4.69, 9.17) is 9.47 Å². The van der Waals surface area contributed by atoms with Crippen LogP contribution in [0.2, 0.25) is 0 Å². The molecule has 138 valence electrons. The maximum atomic E-state index is 12.2. The molecule has 1 amide bonds. The first-order valence-corrected chi connectivity index (χ1v) is 8.30. The minimum absolute atomic E-state index is 0.118. The number of aryl methyl sites for hydroxylation is 1. The minimum atomic E-state index is -0.353. The largest absolute Gasteiger partial charge is 0.454 e. The summed E-state index contributed by atoms with van der Waals surface area (Å²) in [7, 11) is 3.87. The van der Waals surface area contributed by atoms with E-state index in [1.807, 2.05) is 19.0 Å². The van der Waals surface area contributed by atoms with Gasteiger partial charge in [0.2, 0.25) is 12.7 Å². The molecule has 0 aliphatic carbocycles. The maximum Gasteiger partial charge on any atom is 0.273 e. The van der Waals surface area contributed by atoms with Gasteiger partial charge >= 0.3 is 0 Å². The van der Waals surface area contributed by atoms with Crippen molar-refractivity contribution in [1.29, 1.82) is 0 Å². The second kappa shape index (κ2) is 7.96. The lowest BCUT2D eigenvalue weighted by Crippen LogP contribution is -2.32. The fraction of sp³-hybridized carbons (Fsp3) is 0.412.